The minimum atomic E-state index is -0.864. The Bertz CT molecular complexity index is 497. The quantitative estimate of drug-likeness (QED) is 0.720. The van der Waals surface area contributed by atoms with Crippen molar-refractivity contribution in [3.63, 3.8) is 0 Å². The van der Waals surface area contributed by atoms with Crippen molar-refractivity contribution >= 4 is 45.2 Å². The molecule has 0 aromatic heterocycles. The summed E-state index contributed by atoms with van der Waals surface area (Å²) >= 11 is 9.16. The minimum absolute atomic E-state index is 0.0393. The van der Waals surface area contributed by atoms with E-state index in [2.05, 4.69) is 26.6 Å². The first-order chi connectivity index (χ1) is 9.42. The van der Waals surface area contributed by atoms with Gasteiger partial charge >= 0.3 is 12.0 Å². The van der Waals surface area contributed by atoms with Crippen molar-refractivity contribution in [2.45, 2.75) is 19.8 Å². The van der Waals surface area contributed by atoms with Crippen LogP contribution in [0, 0.1) is 5.92 Å². The Morgan fingerprint density at radius 3 is 2.75 bits per heavy atom. The average molecular weight is 364 g/mol. The predicted octanol–water partition coefficient (Wildman–Crippen LogP) is 3.72. The second kappa shape index (κ2) is 8.11. The second-order valence-corrected chi connectivity index (χ2v) is 5.62. The molecule has 0 radical (unpaired) electrons. The fourth-order valence-electron chi connectivity index (χ4n) is 1.60. The number of hydrogen-bond acceptors (Lipinski definition) is 2. The number of amides is 2. The number of aliphatic carboxylic acids is 1. The molecule has 0 aliphatic heterocycles. The first kappa shape index (κ1) is 16.8. The summed E-state index contributed by atoms with van der Waals surface area (Å²) in [5.41, 5.74) is 0.557. The highest BCUT2D eigenvalue weighted by Crippen LogP contribution is 2.25. The Morgan fingerprint density at radius 1 is 1.45 bits per heavy atom. The third kappa shape index (κ3) is 5.79. The molecule has 0 aliphatic rings. The molecule has 0 heterocycles. The highest BCUT2D eigenvalue weighted by atomic mass is 79.9. The van der Waals surface area contributed by atoms with Gasteiger partial charge in [0.2, 0.25) is 0 Å². The van der Waals surface area contributed by atoms with E-state index in [0.29, 0.717) is 23.7 Å². The van der Waals surface area contributed by atoms with Crippen molar-refractivity contribution in [2.24, 2.45) is 5.92 Å². The van der Waals surface area contributed by atoms with Crippen molar-refractivity contribution in [1.29, 1.82) is 0 Å². The van der Waals surface area contributed by atoms with Crippen LogP contribution in [-0.2, 0) is 4.79 Å². The number of urea groups is 1. The smallest absolute Gasteiger partial charge is 0.319 e. The summed E-state index contributed by atoms with van der Waals surface area (Å²) in [6, 6.07) is 4.67. The Morgan fingerprint density at radius 2 is 2.15 bits per heavy atom. The fraction of sp³-hybridized carbons (Fsp3) is 0.385. The van der Waals surface area contributed by atoms with Gasteiger partial charge in [-0.3, -0.25) is 4.79 Å². The fourth-order valence-corrected chi connectivity index (χ4v) is 2.12. The Balaban J connectivity index is 2.51. The van der Waals surface area contributed by atoms with Gasteiger partial charge in [0.15, 0.2) is 0 Å². The van der Waals surface area contributed by atoms with E-state index in [-0.39, 0.29) is 12.3 Å². The Kier molecular flexibility index (Phi) is 6.81. The van der Waals surface area contributed by atoms with E-state index in [0.717, 1.165) is 4.47 Å². The van der Waals surface area contributed by atoms with Crippen LogP contribution < -0.4 is 10.6 Å². The van der Waals surface area contributed by atoms with Crippen LogP contribution in [0.25, 0.3) is 0 Å². The van der Waals surface area contributed by atoms with Gasteiger partial charge < -0.3 is 15.7 Å². The van der Waals surface area contributed by atoms with E-state index >= 15 is 0 Å². The van der Waals surface area contributed by atoms with Gasteiger partial charge in [0.05, 0.1) is 5.69 Å². The molecule has 2 amide bonds. The molecule has 1 unspecified atom stereocenters. The van der Waals surface area contributed by atoms with Gasteiger partial charge in [-0.2, -0.15) is 0 Å². The van der Waals surface area contributed by atoms with Crippen molar-refractivity contribution in [1.82, 2.24) is 5.32 Å². The number of nitrogens with one attached hydrogen (secondary N) is 2. The first-order valence-corrected chi connectivity index (χ1v) is 7.31. The van der Waals surface area contributed by atoms with E-state index in [1.54, 1.807) is 18.2 Å². The van der Waals surface area contributed by atoms with Gasteiger partial charge in [-0.1, -0.05) is 24.9 Å². The molecule has 1 aromatic carbocycles. The molecule has 5 nitrogen and oxygen atoms in total. The molecule has 0 spiro atoms. The summed E-state index contributed by atoms with van der Waals surface area (Å²) < 4.78 is 0.717. The maximum Gasteiger partial charge on any atom is 0.319 e. The monoisotopic (exact) mass is 362 g/mol. The lowest BCUT2D eigenvalue weighted by molar-refractivity contribution is -0.138. The summed E-state index contributed by atoms with van der Waals surface area (Å²) in [5.74, 6) is -0.947. The van der Waals surface area contributed by atoms with Crippen LogP contribution in [0.1, 0.15) is 19.8 Å². The second-order valence-electron chi connectivity index (χ2n) is 4.33. The molecule has 110 valence electrons. The van der Waals surface area contributed by atoms with Crippen LogP contribution in [0.15, 0.2) is 22.7 Å². The van der Waals surface area contributed by atoms with E-state index in [9.17, 15) is 9.59 Å². The zero-order valence-corrected chi connectivity index (χ0v) is 13.3. The lowest BCUT2D eigenvalue weighted by atomic mass is 10.0. The van der Waals surface area contributed by atoms with Crippen molar-refractivity contribution < 1.29 is 14.7 Å². The van der Waals surface area contributed by atoms with Crippen LogP contribution in [-0.4, -0.2) is 23.7 Å². The highest BCUT2D eigenvalue weighted by Gasteiger charge is 2.13. The molecule has 0 saturated heterocycles. The SMILES string of the molecule is CCC(CNC(=O)Nc1cc(Cl)ccc1Br)CC(=O)O. The van der Waals surface area contributed by atoms with Crippen LogP contribution in [0.3, 0.4) is 0 Å². The molecule has 1 atom stereocenters. The molecule has 0 saturated carbocycles. The third-order valence-corrected chi connectivity index (χ3v) is 3.70. The topological polar surface area (TPSA) is 78.4 Å². The summed E-state index contributed by atoms with van der Waals surface area (Å²) in [6.45, 7) is 2.20. The summed E-state index contributed by atoms with van der Waals surface area (Å²) in [4.78, 5) is 22.4. The van der Waals surface area contributed by atoms with Gasteiger partial charge in [0.1, 0.15) is 0 Å². The van der Waals surface area contributed by atoms with Crippen molar-refractivity contribution in [3.05, 3.63) is 27.7 Å². The van der Waals surface area contributed by atoms with Gasteiger partial charge in [0.25, 0.3) is 0 Å². The Hall–Kier alpha value is -1.27. The normalized spacial score (nSPS) is 11.8. The number of carboxylic acids is 1. The third-order valence-electron chi connectivity index (χ3n) is 2.77. The van der Waals surface area contributed by atoms with Crippen LogP contribution >= 0.6 is 27.5 Å². The maximum absolute atomic E-state index is 11.7. The predicted molar refractivity (Wildman–Crippen MR) is 82.2 cm³/mol. The molecule has 1 rings (SSSR count). The number of benzene rings is 1. The highest BCUT2D eigenvalue weighted by molar-refractivity contribution is 9.10. The zero-order valence-electron chi connectivity index (χ0n) is 11.0. The number of carbonyl (C=O) groups is 2. The largest absolute Gasteiger partial charge is 0.481 e. The lowest BCUT2D eigenvalue weighted by Crippen LogP contribution is -2.33. The van der Waals surface area contributed by atoms with Crippen molar-refractivity contribution in [3.8, 4) is 0 Å². The van der Waals surface area contributed by atoms with E-state index < -0.39 is 12.0 Å². The maximum atomic E-state index is 11.7. The molecular formula is C13H16BrClN2O3. The van der Waals surface area contributed by atoms with Gasteiger partial charge in [0, 0.05) is 22.5 Å². The van der Waals surface area contributed by atoms with Gasteiger partial charge in [-0.15, -0.1) is 0 Å². The van der Waals surface area contributed by atoms with Crippen LogP contribution in [0.4, 0.5) is 10.5 Å². The molecule has 3 N–H and O–H groups in total. The zero-order chi connectivity index (χ0) is 15.1. The molecule has 0 aliphatic carbocycles. The summed E-state index contributed by atoms with van der Waals surface area (Å²) in [6.07, 6.45) is 0.727. The Labute approximate surface area is 130 Å². The molecule has 0 fully saturated rings. The molecule has 0 bridgehead atoms. The average Bonchev–Trinajstić information content (AvgIpc) is 2.38. The van der Waals surface area contributed by atoms with Gasteiger partial charge in [-0.05, 0) is 40.0 Å². The first-order valence-electron chi connectivity index (χ1n) is 6.14. The van der Waals surface area contributed by atoms with E-state index in [4.69, 9.17) is 16.7 Å². The number of anilines is 1. The van der Waals surface area contributed by atoms with Gasteiger partial charge in [-0.25, -0.2) is 4.79 Å². The molecular weight excluding hydrogens is 348 g/mol. The van der Waals surface area contributed by atoms with Crippen LogP contribution in [0.2, 0.25) is 5.02 Å². The van der Waals surface area contributed by atoms with E-state index in [1.807, 2.05) is 6.92 Å². The van der Waals surface area contributed by atoms with Crippen LogP contribution in [0.5, 0.6) is 0 Å². The summed E-state index contributed by atoms with van der Waals surface area (Å²) in [7, 11) is 0. The number of halogens is 2. The minimum Gasteiger partial charge on any atom is -0.481 e. The molecule has 1 aromatic rings. The van der Waals surface area contributed by atoms with Crippen molar-refractivity contribution in [2.75, 3.05) is 11.9 Å². The number of rotatable bonds is 6. The molecule has 20 heavy (non-hydrogen) atoms. The standard InChI is InChI=1S/C13H16BrClN2O3/c1-2-8(5-12(18)19)7-16-13(20)17-11-6-9(15)3-4-10(11)14/h3-4,6,8H,2,5,7H2,1H3,(H,18,19)(H2,16,17,20). The lowest BCUT2D eigenvalue weighted by Gasteiger charge is -2.14. The number of carboxylic acid groups (broad SMARTS) is 1. The number of carbonyl (C=O) groups excluding carboxylic acids is 1. The molecule has 7 heteroatoms. The van der Waals surface area contributed by atoms with E-state index in [1.165, 1.54) is 0 Å². The number of hydrogen-bond donors (Lipinski definition) is 3. The summed E-state index contributed by atoms with van der Waals surface area (Å²) in [5, 5.41) is 14.6.